The SMILES string of the molecule is CCN(CC)c1ccc(CN2CCN(c3nc4cc(C(N)=O)ccc4[nH]3)CC2)cc1. The highest BCUT2D eigenvalue weighted by molar-refractivity contribution is 5.96. The van der Waals surface area contributed by atoms with Gasteiger partial charge < -0.3 is 20.5 Å². The van der Waals surface area contributed by atoms with E-state index in [1.165, 1.54) is 11.3 Å². The number of piperazine rings is 1. The number of anilines is 2. The second-order valence-corrected chi connectivity index (χ2v) is 7.76. The van der Waals surface area contributed by atoms with Crippen molar-refractivity contribution in [1.82, 2.24) is 14.9 Å². The molecule has 1 aromatic heterocycles. The Balaban J connectivity index is 1.36. The molecule has 30 heavy (non-hydrogen) atoms. The Labute approximate surface area is 177 Å². The van der Waals surface area contributed by atoms with Crippen LogP contribution in [0.3, 0.4) is 0 Å². The van der Waals surface area contributed by atoms with Gasteiger partial charge in [0.25, 0.3) is 0 Å². The number of hydrogen-bond acceptors (Lipinski definition) is 5. The minimum absolute atomic E-state index is 0.430. The van der Waals surface area contributed by atoms with Gasteiger partial charge in [0.15, 0.2) is 0 Å². The first-order chi connectivity index (χ1) is 14.6. The molecule has 1 aliphatic rings. The van der Waals surface area contributed by atoms with Crippen molar-refractivity contribution in [3.8, 4) is 0 Å². The Morgan fingerprint density at radius 3 is 2.40 bits per heavy atom. The molecule has 7 nitrogen and oxygen atoms in total. The summed E-state index contributed by atoms with van der Waals surface area (Å²) in [6.45, 7) is 11.2. The summed E-state index contributed by atoms with van der Waals surface area (Å²) in [7, 11) is 0. The molecule has 158 valence electrons. The molecule has 1 aliphatic heterocycles. The van der Waals surface area contributed by atoms with Gasteiger partial charge in [-0.05, 0) is 49.7 Å². The van der Waals surface area contributed by atoms with Gasteiger partial charge in [-0.1, -0.05) is 12.1 Å². The monoisotopic (exact) mass is 406 g/mol. The van der Waals surface area contributed by atoms with Crippen molar-refractivity contribution in [2.24, 2.45) is 5.73 Å². The van der Waals surface area contributed by atoms with Gasteiger partial charge in [0.05, 0.1) is 11.0 Å². The van der Waals surface area contributed by atoms with E-state index in [2.05, 4.69) is 62.8 Å². The molecule has 0 atom stereocenters. The number of carbonyl (C=O) groups is 1. The molecule has 4 rings (SSSR count). The molecule has 2 heterocycles. The lowest BCUT2D eigenvalue weighted by atomic mass is 10.1. The molecule has 1 saturated heterocycles. The number of nitrogens with zero attached hydrogens (tertiary/aromatic N) is 4. The molecule has 3 N–H and O–H groups in total. The minimum atomic E-state index is -0.430. The van der Waals surface area contributed by atoms with E-state index in [1.54, 1.807) is 12.1 Å². The number of hydrogen-bond donors (Lipinski definition) is 2. The minimum Gasteiger partial charge on any atom is -0.372 e. The number of nitrogens with one attached hydrogen (secondary N) is 1. The van der Waals surface area contributed by atoms with Crippen LogP contribution >= 0.6 is 0 Å². The lowest BCUT2D eigenvalue weighted by Gasteiger charge is -2.34. The summed E-state index contributed by atoms with van der Waals surface area (Å²) in [6, 6.07) is 14.3. The summed E-state index contributed by atoms with van der Waals surface area (Å²) in [6.07, 6.45) is 0. The third kappa shape index (κ3) is 4.26. The normalized spacial score (nSPS) is 14.9. The summed E-state index contributed by atoms with van der Waals surface area (Å²) in [5, 5.41) is 0. The van der Waals surface area contributed by atoms with E-state index in [1.807, 2.05) is 6.07 Å². The van der Waals surface area contributed by atoms with Crippen LogP contribution in [0.2, 0.25) is 0 Å². The van der Waals surface area contributed by atoms with Gasteiger partial charge >= 0.3 is 0 Å². The van der Waals surface area contributed by atoms with Crippen LogP contribution in [-0.2, 0) is 6.54 Å². The Kier molecular flexibility index (Phi) is 5.90. The van der Waals surface area contributed by atoms with Crippen LogP contribution in [0.4, 0.5) is 11.6 Å². The van der Waals surface area contributed by atoms with E-state index in [0.29, 0.717) is 5.56 Å². The molecule has 0 radical (unpaired) electrons. The van der Waals surface area contributed by atoms with Crippen molar-refractivity contribution in [2.75, 3.05) is 49.1 Å². The van der Waals surface area contributed by atoms with Crippen LogP contribution in [0.1, 0.15) is 29.8 Å². The van der Waals surface area contributed by atoms with E-state index >= 15 is 0 Å². The van der Waals surface area contributed by atoms with Crippen molar-refractivity contribution in [3.05, 3.63) is 53.6 Å². The van der Waals surface area contributed by atoms with E-state index < -0.39 is 5.91 Å². The fraction of sp³-hybridized carbons (Fsp3) is 0.391. The number of aromatic nitrogens is 2. The lowest BCUT2D eigenvalue weighted by Crippen LogP contribution is -2.46. The summed E-state index contributed by atoms with van der Waals surface area (Å²) < 4.78 is 0. The Hall–Kier alpha value is -3.06. The molecule has 2 aromatic carbocycles. The van der Waals surface area contributed by atoms with Gasteiger partial charge in [0.2, 0.25) is 11.9 Å². The van der Waals surface area contributed by atoms with Crippen molar-refractivity contribution >= 4 is 28.6 Å². The summed E-state index contributed by atoms with van der Waals surface area (Å²) in [5.74, 6) is 0.426. The van der Waals surface area contributed by atoms with Crippen LogP contribution in [-0.4, -0.2) is 60.0 Å². The number of aromatic amines is 1. The van der Waals surface area contributed by atoms with Crippen LogP contribution in [0, 0.1) is 0 Å². The summed E-state index contributed by atoms with van der Waals surface area (Å²) in [4.78, 5) is 26.5. The highest BCUT2D eigenvalue weighted by Gasteiger charge is 2.20. The molecule has 1 fully saturated rings. The smallest absolute Gasteiger partial charge is 0.248 e. The molecule has 0 saturated carbocycles. The number of benzene rings is 2. The van der Waals surface area contributed by atoms with Crippen molar-refractivity contribution in [2.45, 2.75) is 20.4 Å². The Morgan fingerprint density at radius 1 is 1.07 bits per heavy atom. The topological polar surface area (TPSA) is 81.5 Å². The zero-order valence-electron chi connectivity index (χ0n) is 17.8. The van der Waals surface area contributed by atoms with Gasteiger partial charge in [-0.15, -0.1) is 0 Å². The highest BCUT2D eigenvalue weighted by atomic mass is 16.1. The molecular weight excluding hydrogens is 376 g/mol. The van der Waals surface area contributed by atoms with Gasteiger partial charge in [-0.2, -0.15) is 0 Å². The molecule has 3 aromatic rings. The third-order valence-corrected chi connectivity index (χ3v) is 5.90. The van der Waals surface area contributed by atoms with Gasteiger partial charge in [0, 0.05) is 57.1 Å². The standard InChI is InChI=1S/C23H30N6O/c1-3-28(4-2)19-8-5-17(6-9-19)16-27-11-13-29(14-12-27)23-25-20-10-7-18(22(24)30)15-21(20)26-23/h5-10,15H,3-4,11-14,16H2,1-2H3,(H2,24,30)(H,25,26). The quantitative estimate of drug-likeness (QED) is 0.631. The first kappa shape index (κ1) is 20.2. The highest BCUT2D eigenvalue weighted by Crippen LogP contribution is 2.21. The maximum atomic E-state index is 11.4. The van der Waals surface area contributed by atoms with Crippen molar-refractivity contribution in [1.29, 1.82) is 0 Å². The number of primary amides is 1. The third-order valence-electron chi connectivity index (χ3n) is 5.90. The van der Waals surface area contributed by atoms with E-state index in [-0.39, 0.29) is 0 Å². The Morgan fingerprint density at radius 2 is 1.77 bits per heavy atom. The van der Waals surface area contributed by atoms with Gasteiger partial charge in [0.1, 0.15) is 0 Å². The van der Waals surface area contributed by atoms with Crippen molar-refractivity contribution in [3.63, 3.8) is 0 Å². The molecule has 7 heteroatoms. The maximum Gasteiger partial charge on any atom is 0.248 e. The number of amides is 1. The van der Waals surface area contributed by atoms with Gasteiger partial charge in [-0.25, -0.2) is 4.98 Å². The average Bonchev–Trinajstić information content (AvgIpc) is 3.19. The number of nitrogens with two attached hydrogens (primary N) is 1. The average molecular weight is 407 g/mol. The maximum absolute atomic E-state index is 11.4. The first-order valence-corrected chi connectivity index (χ1v) is 10.7. The lowest BCUT2D eigenvalue weighted by molar-refractivity contribution is 0.100. The molecule has 0 aliphatic carbocycles. The number of fused-ring (bicyclic) bond motifs is 1. The molecule has 0 bridgehead atoms. The Bertz CT molecular complexity index is 1000. The van der Waals surface area contributed by atoms with E-state index in [4.69, 9.17) is 5.73 Å². The van der Waals surface area contributed by atoms with Crippen LogP contribution in [0.5, 0.6) is 0 Å². The first-order valence-electron chi connectivity index (χ1n) is 10.7. The van der Waals surface area contributed by atoms with Crippen LogP contribution < -0.4 is 15.5 Å². The second-order valence-electron chi connectivity index (χ2n) is 7.76. The summed E-state index contributed by atoms with van der Waals surface area (Å²) in [5.41, 5.74) is 10.2. The second kappa shape index (κ2) is 8.75. The number of imidazole rings is 1. The fourth-order valence-corrected chi connectivity index (χ4v) is 4.07. The van der Waals surface area contributed by atoms with E-state index in [0.717, 1.165) is 62.8 Å². The zero-order chi connectivity index (χ0) is 21.1. The van der Waals surface area contributed by atoms with Crippen LogP contribution in [0.25, 0.3) is 11.0 Å². The summed E-state index contributed by atoms with van der Waals surface area (Å²) >= 11 is 0. The molecule has 0 unspecified atom stereocenters. The number of H-pyrrole nitrogens is 1. The molecule has 1 amide bonds. The van der Waals surface area contributed by atoms with Gasteiger partial charge in [-0.3, -0.25) is 9.69 Å². The predicted molar refractivity (Wildman–Crippen MR) is 122 cm³/mol. The largest absolute Gasteiger partial charge is 0.372 e. The fourth-order valence-electron chi connectivity index (χ4n) is 4.07. The molecular formula is C23H30N6O. The zero-order valence-corrected chi connectivity index (χ0v) is 17.8. The molecule has 0 spiro atoms. The number of rotatable bonds is 7. The number of carbonyl (C=O) groups excluding carboxylic acids is 1. The van der Waals surface area contributed by atoms with Crippen LogP contribution in [0.15, 0.2) is 42.5 Å². The van der Waals surface area contributed by atoms with E-state index in [9.17, 15) is 4.79 Å². The predicted octanol–water partition coefficient (Wildman–Crippen LogP) is 2.83. The van der Waals surface area contributed by atoms with Crippen molar-refractivity contribution < 1.29 is 4.79 Å².